The first kappa shape index (κ1) is 16.3. The summed E-state index contributed by atoms with van der Waals surface area (Å²) in [5.41, 5.74) is 6.83. The molecule has 1 amide bonds. The van der Waals surface area contributed by atoms with Gasteiger partial charge in [-0.15, -0.1) is 0 Å². The van der Waals surface area contributed by atoms with Crippen molar-refractivity contribution < 1.29 is 14.3 Å². The van der Waals surface area contributed by atoms with E-state index in [0.29, 0.717) is 38.5 Å². The van der Waals surface area contributed by atoms with Crippen LogP contribution in [0.3, 0.4) is 0 Å². The lowest BCUT2D eigenvalue weighted by molar-refractivity contribution is 0.102. The van der Waals surface area contributed by atoms with Crippen molar-refractivity contribution in [1.82, 2.24) is 0 Å². The Morgan fingerprint density at radius 1 is 1.05 bits per heavy atom. The third-order valence-corrected chi connectivity index (χ3v) is 3.62. The average Bonchev–Trinajstić information content (AvgIpc) is 2.51. The van der Waals surface area contributed by atoms with E-state index in [1.807, 2.05) is 0 Å². The summed E-state index contributed by atoms with van der Waals surface area (Å²) in [6.07, 6.45) is 0. The summed E-state index contributed by atoms with van der Waals surface area (Å²) in [7, 11) is 2.97. The number of rotatable bonds is 4. The van der Waals surface area contributed by atoms with E-state index in [0.717, 1.165) is 0 Å². The minimum Gasteiger partial charge on any atom is -0.495 e. The maximum atomic E-state index is 12.3. The van der Waals surface area contributed by atoms with E-state index < -0.39 is 0 Å². The monoisotopic (exact) mass is 340 g/mol. The van der Waals surface area contributed by atoms with E-state index in [1.54, 1.807) is 24.3 Å². The van der Waals surface area contributed by atoms with Gasteiger partial charge in [-0.05, 0) is 18.2 Å². The molecular formula is C15H14Cl2N2O3. The highest BCUT2D eigenvalue weighted by Crippen LogP contribution is 2.36. The quantitative estimate of drug-likeness (QED) is 0.829. The van der Waals surface area contributed by atoms with Crippen LogP contribution in [0.2, 0.25) is 10.0 Å². The van der Waals surface area contributed by atoms with Crippen LogP contribution in [0.15, 0.2) is 30.3 Å². The number of hydrogen-bond donors (Lipinski definition) is 2. The Morgan fingerprint density at radius 2 is 1.73 bits per heavy atom. The molecule has 0 aliphatic heterocycles. The fourth-order valence-electron chi connectivity index (χ4n) is 1.84. The number of amides is 1. The average molecular weight is 341 g/mol. The summed E-state index contributed by atoms with van der Waals surface area (Å²) in [6.45, 7) is 0. The standard InChI is InChI=1S/C15H14Cl2N2O3/c1-21-13-7-12(14(22-2)6-10(13)17)19-15(20)8-3-4-9(16)11(18)5-8/h3-7H,18H2,1-2H3,(H,19,20). The molecule has 5 nitrogen and oxygen atoms in total. The van der Waals surface area contributed by atoms with E-state index in [-0.39, 0.29) is 5.91 Å². The Hall–Kier alpha value is -2.11. The molecule has 0 fully saturated rings. The van der Waals surface area contributed by atoms with Crippen molar-refractivity contribution in [3.8, 4) is 11.5 Å². The highest BCUT2D eigenvalue weighted by molar-refractivity contribution is 6.33. The highest BCUT2D eigenvalue weighted by Gasteiger charge is 2.14. The molecule has 0 aliphatic rings. The van der Waals surface area contributed by atoms with Crippen molar-refractivity contribution in [2.24, 2.45) is 0 Å². The third kappa shape index (κ3) is 3.37. The summed E-state index contributed by atoms with van der Waals surface area (Å²) in [4.78, 5) is 12.3. The molecule has 0 spiro atoms. The fraction of sp³-hybridized carbons (Fsp3) is 0.133. The smallest absolute Gasteiger partial charge is 0.255 e. The summed E-state index contributed by atoms with van der Waals surface area (Å²) in [5.74, 6) is 0.487. The summed E-state index contributed by atoms with van der Waals surface area (Å²) in [6, 6.07) is 7.78. The lowest BCUT2D eigenvalue weighted by atomic mass is 10.2. The number of ether oxygens (including phenoxy) is 2. The van der Waals surface area contributed by atoms with Gasteiger partial charge in [0.25, 0.3) is 5.91 Å². The van der Waals surface area contributed by atoms with Gasteiger partial charge >= 0.3 is 0 Å². The molecule has 0 saturated heterocycles. The zero-order valence-electron chi connectivity index (χ0n) is 11.9. The molecule has 2 aromatic carbocycles. The number of carbonyl (C=O) groups is 1. The molecule has 2 aromatic rings. The van der Waals surface area contributed by atoms with Gasteiger partial charge in [-0.2, -0.15) is 0 Å². The van der Waals surface area contributed by atoms with Crippen LogP contribution in [0.1, 0.15) is 10.4 Å². The van der Waals surface area contributed by atoms with Crippen molar-refractivity contribution in [2.45, 2.75) is 0 Å². The lowest BCUT2D eigenvalue weighted by Crippen LogP contribution is -2.13. The minimum atomic E-state index is -0.356. The van der Waals surface area contributed by atoms with Gasteiger partial charge in [0.2, 0.25) is 0 Å². The molecule has 0 unspecified atom stereocenters. The minimum absolute atomic E-state index is 0.329. The molecule has 0 atom stereocenters. The van der Waals surface area contributed by atoms with E-state index in [1.165, 1.54) is 20.3 Å². The molecule has 0 aromatic heterocycles. The molecule has 116 valence electrons. The van der Waals surface area contributed by atoms with E-state index in [9.17, 15) is 4.79 Å². The van der Waals surface area contributed by atoms with Crippen molar-refractivity contribution >= 4 is 40.5 Å². The molecule has 3 N–H and O–H groups in total. The van der Waals surface area contributed by atoms with Crippen molar-refractivity contribution in [1.29, 1.82) is 0 Å². The van der Waals surface area contributed by atoms with Gasteiger partial charge in [0.1, 0.15) is 11.5 Å². The molecule has 0 saturated carbocycles. The molecule has 2 rings (SSSR count). The van der Waals surface area contributed by atoms with E-state index >= 15 is 0 Å². The predicted octanol–water partition coefficient (Wildman–Crippen LogP) is 3.85. The van der Waals surface area contributed by atoms with Crippen LogP contribution in [0.5, 0.6) is 11.5 Å². The van der Waals surface area contributed by atoms with Crippen LogP contribution < -0.4 is 20.5 Å². The number of anilines is 2. The van der Waals surface area contributed by atoms with Crippen LogP contribution in [-0.4, -0.2) is 20.1 Å². The van der Waals surface area contributed by atoms with Gasteiger partial charge in [-0.3, -0.25) is 4.79 Å². The predicted molar refractivity (Wildman–Crippen MR) is 88.4 cm³/mol. The van der Waals surface area contributed by atoms with E-state index in [4.69, 9.17) is 38.4 Å². The normalized spacial score (nSPS) is 10.2. The van der Waals surface area contributed by atoms with Crippen LogP contribution in [0, 0.1) is 0 Å². The summed E-state index contributed by atoms with van der Waals surface area (Å²) < 4.78 is 10.3. The first-order valence-corrected chi connectivity index (χ1v) is 6.99. The molecule has 0 heterocycles. The second-order valence-electron chi connectivity index (χ2n) is 4.38. The van der Waals surface area contributed by atoms with E-state index in [2.05, 4.69) is 5.32 Å². The van der Waals surface area contributed by atoms with Crippen molar-refractivity contribution in [2.75, 3.05) is 25.3 Å². The number of nitrogens with two attached hydrogens (primary N) is 1. The fourth-order valence-corrected chi connectivity index (χ4v) is 2.19. The Morgan fingerprint density at radius 3 is 2.32 bits per heavy atom. The maximum absolute atomic E-state index is 12.3. The van der Waals surface area contributed by atoms with Crippen LogP contribution >= 0.6 is 23.2 Å². The third-order valence-electron chi connectivity index (χ3n) is 2.98. The number of hydrogen-bond acceptors (Lipinski definition) is 4. The second kappa shape index (κ2) is 6.77. The molecular weight excluding hydrogens is 327 g/mol. The Labute approximate surface area is 137 Å². The first-order valence-electron chi connectivity index (χ1n) is 6.24. The number of halogens is 2. The van der Waals surface area contributed by atoms with Gasteiger partial charge in [-0.25, -0.2) is 0 Å². The number of nitrogens with one attached hydrogen (secondary N) is 1. The summed E-state index contributed by atoms with van der Waals surface area (Å²) in [5, 5.41) is 3.50. The zero-order chi connectivity index (χ0) is 16.3. The van der Waals surface area contributed by atoms with Crippen LogP contribution in [-0.2, 0) is 0 Å². The zero-order valence-corrected chi connectivity index (χ0v) is 13.5. The number of nitrogen functional groups attached to an aromatic ring is 1. The summed E-state index contributed by atoms with van der Waals surface area (Å²) >= 11 is 11.9. The number of carbonyl (C=O) groups excluding carboxylic acids is 1. The highest BCUT2D eigenvalue weighted by atomic mass is 35.5. The molecule has 0 aliphatic carbocycles. The lowest BCUT2D eigenvalue weighted by Gasteiger charge is -2.13. The molecule has 22 heavy (non-hydrogen) atoms. The van der Waals surface area contributed by atoms with Gasteiger partial charge in [0.15, 0.2) is 0 Å². The Bertz CT molecular complexity index is 720. The van der Waals surface area contributed by atoms with Crippen molar-refractivity contribution in [3.05, 3.63) is 45.9 Å². The van der Waals surface area contributed by atoms with Crippen LogP contribution in [0.4, 0.5) is 11.4 Å². The molecule has 0 radical (unpaired) electrons. The van der Waals surface area contributed by atoms with Crippen LogP contribution in [0.25, 0.3) is 0 Å². The van der Waals surface area contributed by atoms with Gasteiger partial charge in [0, 0.05) is 17.7 Å². The van der Waals surface area contributed by atoms with Crippen molar-refractivity contribution in [3.63, 3.8) is 0 Å². The van der Waals surface area contributed by atoms with Gasteiger partial charge in [-0.1, -0.05) is 23.2 Å². The Kier molecular flexibility index (Phi) is 5.00. The largest absolute Gasteiger partial charge is 0.495 e. The second-order valence-corrected chi connectivity index (χ2v) is 5.19. The number of methoxy groups -OCH3 is 2. The molecule has 0 bridgehead atoms. The van der Waals surface area contributed by atoms with Gasteiger partial charge in [0.05, 0.1) is 35.6 Å². The number of benzene rings is 2. The Balaban J connectivity index is 2.32. The van der Waals surface area contributed by atoms with Gasteiger partial charge < -0.3 is 20.5 Å². The topological polar surface area (TPSA) is 73.6 Å². The maximum Gasteiger partial charge on any atom is 0.255 e. The molecule has 7 heteroatoms. The SMILES string of the molecule is COc1cc(NC(=O)c2ccc(Cl)c(N)c2)c(OC)cc1Cl. The first-order chi connectivity index (χ1) is 10.5.